The maximum absolute atomic E-state index is 11.1. The van der Waals surface area contributed by atoms with E-state index < -0.39 is 11.8 Å². The molecule has 0 atom stereocenters. The predicted octanol–water partition coefficient (Wildman–Crippen LogP) is 0.427. The van der Waals surface area contributed by atoms with Gasteiger partial charge in [-0.1, -0.05) is 6.92 Å². The molecule has 0 aliphatic rings. The molecule has 0 aromatic heterocycles. The first-order valence-corrected chi connectivity index (χ1v) is 4.47. The molecule has 2 N–H and O–H groups in total. The van der Waals surface area contributed by atoms with Crippen LogP contribution >= 0.6 is 0 Å². The zero-order valence-electron chi connectivity index (χ0n) is 8.73. The first kappa shape index (κ1) is 11.9. The fraction of sp³-hybridized carbons (Fsp3) is 0.778. The molecule has 0 heterocycles. The topological polar surface area (TPSA) is 58.2 Å². The lowest BCUT2D eigenvalue weighted by atomic mass is 10.1. The van der Waals surface area contributed by atoms with Crippen molar-refractivity contribution >= 4 is 11.8 Å². The number of carbonyl (C=O) groups excluding carboxylic acids is 2. The Bertz CT molecular complexity index is 194. The van der Waals surface area contributed by atoms with Crippen molar-refractivity contribution in [3.05, 3.63) is 0 Å². The Morgan fingerprint density at radius 3 is 2.08 bits per heavy atom. The van der Waals surface area contributed by atoms with E-state index in [0.717, 1.165) is 6.42 Å². The smallest absolute Gasteiger partial charge is 0.309 e. The number of rotatable bonds is 2. The van der Waals surface area contributed by atoms with Crippen molar-refractivity contribution in [2.75, 3.05) is 6.54 Å². The fourth-order valence-electron chi connectivity index (χ4n) is 0.716. The summed E-state index contributed by atoms with van der Waals surface area (Å²) in [6, 6.07) is 0. The van der Waals surface area contributed by atoms with Crippen LogP contribution in [0.25, 0.3) is 0 Å². The lowest BCUT2D eigenvalue weighted by Gasteiger charge is -2.19. The van der Waals surface area contributed by atoms with Crippen molar-refractivity contribution in [2.45, 2.75) is 39.7 Å². The number of amides is 2. The third-order valence-electron chi connectivity index (χ3n) is 1.23. The monoisotopic (exact) mass is 186 g/mol. The van der Waals surface area contributed by atoms with Gasteiger partial charge in [-0.3, -0.25) is 9.59 Å². The first-order valence-electron chi connectivity index (χ1n) is 4.47. The van der Waals surface area contributed by atoms with E-state index in [1.54, 1.807) is 0 Å². The quantitative estimate of drug-likeness (QED) is 0.614. The summed E-state index contributed by atoms with van der Waals surface area (Å²) in [5.41, 5.74) is -0.360. The average Bonchev–Trinajstić information content (AvgIpc) is 1.96. The highest BCUT2D eigenvalue weighted by Crippen LogP contribution is 1.97. The molecule has 0 aliphatic heterocycles. The molecule has 13 heavy (non-hydrogen) atoms. The normalized spacial score (nSPS) is 10.8. The standard InChI is InChI=1S/C9H18N2O2/c1-5-6-10-7(12)8(13)11-9(2,3)4/h5-6H2,1-4H3,(H,10,12)(H,11,13). The predicted molar refractivity (Wildman–Crippen MR) is 51.2 cm³/mol. The van der Waals surface area contributed by atoms with Gasteiger partial charge in [-0.2, -0.15) is 0 Å². The summed E-state index contributed by atoms with van der Waals surface area (Å²) in [7, 11) is 0. The van der Waals surface area contributed by atoms with Crippen molar-refractivity contribution in [3.63, 3.8) is 0 Å². The molecule has 0 saturated heterocycles. The van der Waals surface area contributed by atoms with Gasteiger partial charge in [-0.05, 0) is 27.2 Å². The van der Waals surface area contributed by atoms with Gasteiger partial charge in [0.25, 0.3) is 0 Å². The largest absolute Gasteiger partial charge is 0.348 e. The Kier molecular flexibility index (Phi) is 4.45. The van der Waals surface area contributed by atoms with E-state index >= 15 is 0 Å². The van der Waals surface area contributed by atoms with Crippen molar-refractivity contribution in [3.8, 4) is 0 Å². The van der Waals surface area contributed by atoms with Crippen LogP contribution in [0.2, 0.25) is 0 Å². The van der Waals surface area contributed by atoms with Gasteiger partial charge >= 0.3 is 11.8 Å². The van der Waals surface area contributed by atoms with E-state index in [9.17, 15) is 9.59 Å². The van der Waals surface area contributed by atoms with Crippen LogP contribution in [0, 0.1) is 0 Å². The van der Waals surface area contributed by atoms with E-state index in [1.807, 2.05) is 27.7 Å². The van der Waals surface area contributed by atoms with Crippen LogP contribution in [-0.4, -0.2) is 23.9 Å². The lowest BCUT2D eigenvalue weighted by Crippen LogP contribution is -2.48. The minimum atomic E-state index is -0.569. The van der Waals surface area contributed by atoms with Gasteiger partial charge in [0, 0.05) is 12.1 Å². The highest BCUT2D eigenvalue weighted by molar-refractivity contribution is 6.35. The third kappa shape index (κ3) is 6.13. The Hall–Kier alpha value is -1.06. The van der Waals surface area contributed by atoms with Crippen LogP contribution in [0.1, 0.15) is 34.1 Å². The van der Waals surface area contributed by atoms with E-state index in [1.165, 1.54) is 0 Å². The molecule has 0 aliphatic carbocycles. The van der Waals surface area contributed by atoms with Crippen LogP contribution in [0.5, 0.6) is 0 Å². The van der Waals surface area contributed by atoms with Gasteiger partial charge in [-0.15, -0.1) is 0 Å². The number of nitrogens with one attached hydrogen (secondary N) is 2. The summed E-state index contributed by atoms with van der Waals surface area (Å²) in [6.45, 7) is 7.96. The molecule has 0 aromatic rings. The van der Waals surface area contributed by atoms with E-state index in [0.29, 0.717) is 6.54 Å². The van der Waals surface area contributed by atoms with Crippen LogP contribution in [0.15, 0.2) is 0 Å². The van der Waals surface area contributed by atoms with E-state index in [4.69, 9.17) is 0 Å². The van der Waals surface area contributed by atoms with Gasteiger partial charge in [0.15, 0.2) is 0 Å². The molecule has 0 rings (SSSR count). The molecule has 4 heteroatoms. The molecule has 0 radical (unpaired) electrons. The van der Waals surface area contributed by atoms with Gasteiger partial charge in [0.1, 0.15) is 0 Å². The third-order valence-corrected chi connectivity index (χ3v) is 1.23. The number of carbonyl (C=O) groups is 2. The zero-order chi connectivity index (χ0) is 10.5. The molecule has 2 amide bonds. The summed E-state index contributed by atoms with van der Waals surface area (Å²) in [5.74, 6) is -1.13. The Morgan fingerprint density at radius 1 is 1.15 bits per heavy atom. The average molecular weight is 186 g/mol. The number of hydrogen-bond donors (Lipinski definition) is 2. The van der Waals surface area contributed by atoms with Crippen molar-refractivity contribution in [1.82, 2.24) is 10.6 Å². The highest BCUT2D eigenvalue weighted by Gasteiger charge is 2.19. The molecular weight excluding hydrogens is 168 g/mol. The van der Waals surface area contributed by atoms with Crippen molar-refractivity contribution < 1.29 is 9.59 Å². The Labute approximate surface area is 79.1 Å². The molecule has 0 fully saturated rings. The lowest BCUT2D eigenvalue weighted by molar-refractivity contribution is -0.140. The van der Waals surface area contributed by atoms with E-state index in [-0.39, 0.29) is 5.54 Å². The van der Waals surface area contributed by atoms with Crippen LogP contribution < -0.4 is 10.6 Å². The molecule has 0 spiro atoms. The first-order chi connectivity index (χ1) is 5.87. The SMILES string of the molecule is CCCNC(=O)C(=O)NC(C)(C)C. The summed E-state index contributed by atoms with van der Waals surface area (Å²) in [5, 5.41) is 5.08. The fourth-order valence-corrected chi connectivity index (χ4v) is 0.716. The second-order valence-corrected chi connectivity index (χ2v) is 3.96. The molecular formula is C9H18N2O2. The molecule has 0 saturated carbocycles. The molecule has 4 nitrogen and oxygen atoms in total. The Morgan fingerprint density at radius 2 is 1.69 bits per heavy atom. The minimum Gasteiger partial charge on any atom is -0.348 e. The maximum atomic E-state index is 11.1. The molecule has 0 bridgehead atoms. The van der Waals surface area contributed by atoms with Crippen molar-refractivity contribution in [2.24, 2.45) is 0 Å². The van der Waals surface area contributed by atoms with Gasteiger partial charge in [0.2, 0.25) is 0 Å². The highest BCUT2D eigenvalue weighted by atomic mass is 16.2. The minimum absolute atomic E-state index is 0.360. The Balaban J connectivity index is 3.91. The number of hydrogen-bond acceptors (Lipinski definition) is 2. The van der Waals surface area contributed by atoms with Crippen molar-refractivity contribution in [1.29, 1.82) is 0 Å². The molecule has 76 valence electrons. The molecule has 0 aromatic carbocycles. The summed E-state index contributed by atoms with van der Waals surface area (Å²) >= 11 is 0. The summed E-state index contributed by atoms with van der Waals surface area (Å²) in [6.07, 6.45) is 0.828. The van der Waals surface area contributed by atoms with Crippen LogP contribution in [0.3, 0.4) is 0 Å². The second-order valence-electron chi connectivity index (χ2n) is 3.96. The van der Waals surface area contributed by atoms with Crippen LogP contribution in [0.4, 0.5) is 0 Å². The maximum Gasteiger partial charge on any atom is 0.309 e. The summed E-state index contributed by atoms with van der Waals surface area (Å²) in [4.78, 5) is 22.2. The van der Waals surface area contributed by atoms with E-state index in [2.05, 4.69) is 10.6 Å². The van der Waals surface area contributed by atoms with Gasteiger partial charge < -0.3 is 10.6 Å². The van der Waals surface area contributed by atoms with Crippen LogP contribution in [-0.2, 0) is 9.59 Å². The van der Waals surface area contributed by atoms with Gasteiger partial charge in [0.05, 0.1) is 0 Å². The molecule has 0 unspecified atom stereocenters. The second kappa shape index (κ2) is 4.84. The van der Waals surface area contributed by atoms with Gasteiger partial charge in [-0.25, -0.2) is 0 Å². The zero-order valence-corrected chi connectivity index (χ0v) is 8.73. The summed E-state index contributed by atoms with van der Waals surface area (Å²) < 4.78 is 0.